The van der Waals surface area contributed by atoms with Crippen molar-refractivity contribution in [1.82, 2.24) is 10.8 Å². The highest BCUT2D eigenvalue weighted by Gasteiger charge is 2.32. The SMILES string of the molecule is CC(OC(C)(C)C)C(NCc1ccc(NC(=O)CCCCCCC(=O)NO)cc1)C(=O)OC1CCCC1. The van der Waals surface area contributed by atoms with Gasteiger partial charge in [0, 0.05) is 25.1 Å². The quantitative estimate of drug-likeness (QED) is 0.115. The van der Waals surface area contributed by atoms with Crippen LogP contribution in [0.1, 0.15) is 97.5 Å². The van der Waals surface area contributed by atoms with Crippen molar-refractivity contribution >= 4 is 23.5 Å². The largest absolute Gasteiger partial charge is 0.461 e. The number of nitrogens with one attached hydrogen (secondary N) is 3. The van der Waals surface area contributed by atoms with Crippen molar-refractivity contribution < 1.29 is 29.1 Å². The molecule has 0 saturated heterocycles. The van der Waals surface area contributed by atoms with E-state index in [9.17, 15) is 14.4 Å². The molecule has 1 aromatic carbocycles. The smallest absolute Gasteiger partial charge is 0.326 e. The second kappa shape index (κ2) is 15.7. The van der Waals surface area contributed by atoms with Crippen LogP contribution in [0, 0.1) is 0 Å². The summed E-state index contributed by atoms with van der Waals surface area (Å²) in [6, 6.07) is 6.96. The maximum absolute atomic E-state index is 13.0. The number of hydrogen-bond donors (Lipinski definition) is 4. The Morgan fingerprint density at radius 1 is 0.973 bits per heavy atom. The minimum absolute atomic E-state index is 0.00528. The van der Waals surface area contributed by atoms with Crippen LogP contribution in [-0.2, 0) is 30.4 Å². The molecule has 2 amide bonds. The molecule has 1 fully saturated rings. The van der Waals surface area contributed by atoms with E-state index in [1.807, 2.05) is 52.0 Å². The van der Waals surface area contributed by atoms with E-state index in [1.165, 1.54) is 0 Å². The Hall–Kier alpha value is -2.49. The van der Waals surface area contributed by atoms with Crippen LogP contribution in [0.5, 0.6) is 0 Å². The van der Waals surface area contributed by atoms with E-state index in [-0.39, 0.29) is 42.0 Å². The third kappa shape index (κ3) is 12.5. The van der Waals surface area contributed by atoms with E-state index in [2.05, 4.69) is 10.6 Å². The lowest BCUT2D eigenvalue weighted by Gasteiger charge is -2.31. The third-order valence-electron chi connectivity index (χ3n) is 6.29. The first-order valence-electron chi connectivity index (χ1n) is 13.5. The molecule has 1 saturated carbocycles. The normalized spacial score (nSPS) is 15.7. The molecule has 37 heavy (non-hydrogen) atoms. The fourth-order valence-electron chi connectivity index (χ4n) is 4.45. The van der Waals surface area contributed by atoms with Gasteiger partial charge in [0.15, 0.2) is 0 Å². The van der Waals surface area contributed by atoms with Gasteiger partial charge in [-0.2, -0.15) is 0 Å². The number of esters is 1. The zero-order chi connectivity index (χ0) is 27.3. The van der Waals surface area contributed by atoms with Gasteiger partial charge in [-0.1, -0.05) is 25.0 Å². The maximum Gasteiger partial charge on any atom is 0.326 e. The number of hydrogen-bond acceptors (Lipinski definition) is 7. The summed E-state index contributed by atoms with van der Waals surface area (Å²) in [5.74, 6) is -0.713. The van der Waals surface area contributed by atoms with Gasteiger partial charge in [-0.3, -0.25) is 24.9 Å². The number of rotatable bonds is 15. The lowest BCUT2D eigenvalue weighted by molar-refractivity contribution is -0.159. The van der Waals surface area contributed by atoms with Crippen LogP contribution in [0.4, 0.5) is 5.69 Å². The van der Waals surface area contributed by atoms with Crippen molar-refractivity contribution in [1.29, 1.82) is 0 Å². The van der Waals surface area contributed by atoms with Gasteiger partial charge < -0.3 is 14.8 Å². The average molecular weight is 520 g/mol. The molecule has 0 spiro atoms. The molecule has 4 N–H and O–H groups in total. The molecular formula is C28H45N3O6. The van der Waals surface area contributed by atoms with E-state index < -0.39 is 6.04 Å². The highest BCUT2D eigenvalue weighted by Crippen LogP contribution is 2.23. The second-order valence-corrected chi connectivity index (χ2v) is 10.8. The van der Waals surface area contributed by atoms with Crippen molar-refractivity contribution in [3.8, 4) is 0 Å². The number of hydroxylamine groups is 1. The van der Waals surface area contributed by atoms with Crippen LogP contribution in [0.3, 0.4) is 0 Å². The Labute approximate surface area is 221 Å². The Morgan fingerprint density at radius 3 is 2.14 bits per heavy atom. The van der Waals surface area contributed by atoms with Crippen LogP contribution in [0.2, 0.25) is 0 Å². The molecule has 2 unspecified atom stereocenters. The van der Waals surface area contributed by atoms with Gasteiger partial charge in [0.1, 0.15) is 12.1 Å². The number of benzene rings is 1. The van der Waals surface area contributed by atoms with Crippen LogP contribution in [0.15, 0.2) is 24.3 Å². The Kier molecular flexibility index (Phi) is 13.0. The van der Waals surface area contributed by atoms with Crippen LogP contribution in [-0.4, -0.2) is 46.8 Å². The van der Waals surface area contributed by atoms with Crippen molar-refractivity contribution in [2.24, 2.45) is 0 Å². The summed E-state index contributed by atoms with van der Waals surface area (Å²) in [7, 11) is 0. The molecule has 0 aromatic heterocycles. The molecule has 0 radical (unpaired) electrons. The highest BCUT2D eigenvalue weighted by molar-refractivity contribution is 5.90. The maximum atomic E-state index is 13.0. The number of amides is 2. The van der Waals surface area contributed by atoms with Gasteiger partial charge in [-0.25, -0.2) is 5.48 Å². The van der Waals surface area contributed by atoms with Crippen molar-refractivity contribution in [2.75, 3.05) is 5.32 Å². The first kappa shape index (κ1) is 30.7. The molecule has 0 aliphatic heterocycles. The highest BCUT2D eigenvalue weighted by atomic mass is 16.6. The molecule has 0 bridgehead atoms. The van der Waals surface area contributed by atoms with Crippen LogP contribution < -0.4 is 16.1 Å². The Morgan fingerprint density at radius 2 is 1.57 bits per heavy atom. The van der Waals surface area contributed by atoms with Gasteiger partial charge in [0.2, 0.25) is 11.8 Å². The van der Waals surface area contributed by atoms with E-state index in [4.69, 9.17) is 14.7 Å². The van der Waals surface area contributed by atoms with Crippen LogP contribution in [0.25, 0.3) is 0 Å². The summed E-state index contributed by atoms with van der Waals surface area (Å²) in [6.45, 7) is 8.26. The summed E-state index contributed by atoms with van der Waals surface area (Å²) in [4.78, 5) is 36.2. The van der Waals surface area contributed by atoms with Gasteiger partial charge in [0.25, 0.3) is 0 Å². The molecule has 1 aliphatic carbocycles. The monoisotopic (exact) mass is 519 g/mol. The van der Waals surface area contributed by atoms with E-state index in [0.29, 0.717) is 19.4 Å². The van der Waals surface area contributed by atoms with E-state index >= 15 is 0 Å². The molecule has 1 aliphatic rings. The van der Waals surface area contributed by atoms with Crippen molar-refractivity contribution in [3.05, 3.63) is 29.8 Å². The van der Waals surface area contributed by atoms with E-state index in [0.717, 1.165) is 56.2 Å². The molecule has 2 rings (SSSR count). The van der Waals surface area contributed by atoms with Gasteiger partial charge in [-0.05, 0) is 83.9 Å². The predicted octanol–water partition coefficient (Wildman–Crippen LogP) is 4.62. The summed E-state index contributed by atoms with van der Waals surface area (Å²) in [5.41, 5.74) is 2.93. The van der Waals surface area contributed by atoms with Crippen LogP contribution >= 0.6 is 0 Å². The van der Waals surface area contributed by atoms with Gasteiger partial charge in [0.05, 0.1) is 11.7 Å². The number of carbonyl (C=O) groups is 3. The Balaban J connectivity index is 1.80. The van der Waals surface area contributed by atoms with E-state index in [1.54, 1.807) is 5.48 Å². The summed E-state index contributed by atoms with van der Waals surface area (Å²) >= 11 is 0. The third-order valence-corrected chi connectivity index (χ3v) is 6.29. The zero-order valence-electron chi connectivity index (χ0n) is 22.8. The minimum atomic E-state index is -0.586. The molecule has 1 aromatic rings. The van der Waals surface area contributed by atoms with Crippen molar-refractivity contribution in [3.63, 3.8) is 0 Å². The predicted molar refractivity (Wildman–Crippen MR) is 142 cm³/mol. The fourth-order valence-corrected chi connectivity index (χ4v) is 4.45. The molecule has 2 atom stereocenters. The first-order valence-corrected chi connectivity index (χ1v) is 13.5. The average Bonchev–Trinajstić information content (AvgIpc) is 3.34. The minimum Gasteiger partial charge on any atom is -0.461 e. The number of unbranched alkanes of at least 4 members (excludes halogenated alkanes) is 3. The molecule has 208 valence electrons. The summed E-state index contributed by atoms with van der Waals surface area (Å²) in [5, 5.41) is 14.7. The fraction of sp³-hybridized carbons (Fsp3) is 0.679. The van der Waals surface area contributed by atoms with Gasteiger partial charge in [-0.15, -0.1) is 0 Å². The second-order valence-electron chi connectivity index (χ2n) is 10.8. The number of anilines is 1. The first-order chi connectivity index (χ1) is 17.6. The van der Waals surface area contributed by atoms with Crippen molar-refractivity contribution in [2.45, 2.75) is 122 Å². The Bertz CT molecular complexity index is 846. The lowest BCUT2D eigenvalue weighted by atomic mass is 10.1. The number of ether oxygens (including phenoxy) is 2. The number of carbonyl (C=O) groups excluding carboxylic acids is 3. The molecule has 9 nitrogen and oxygen atoms in total. The summed E-state index contributed by atoms with van der Waals surface area (Å²) in [6.07, 6.45) is 7.46. The standard InChI is InChI=1S/C28H45N3O6/c1-20(37-28(2,3)4)26(27(34)36-23-11-9-10-12-23)29-19-21-15-17-22(18-16-21)30-24(32)13-7-5-6-8-14-25(33)31-35/h15-18,20,23,26,29,35H,5-14,19H2,1-4H3,(H,30,32)(H,31,33). The summed E-state index contributed by atoms with van der Waals surface area (Å²) < 4.78 is 11.8. The zero-order valence-corrected chi connectivity index (χ0v) is 22.8. The van der Waals surface area contributed by atoms with Gasteiger partial charge >= 0.3 is 5.97 Å². The molecular weight excluding hydrogens is 474 g/mol. The molecule has 0 heterocycles. The topological polar surface area (TPSA) is 126 Å². The lowest BCUT2D eigenvalue weighted by Crippen LogP contribution is -2.49. The molecule has 9 heteroatoms.